The number of carboxylic acid groups (broad SMARTS) is 1. The Hall–Kier alpha value is -3.96. The molecule has 0 bridgehead atoms. The van der Waals surface area contributed by atoms with Gasteiger partial charge < -0.3 is 39.6 Å². The Morgan fingerprint density at radius 2 is 2.00 bits per heavy atom. The molecule has 0 spiro atoms. The minimum Gasteiger partial charge on any atom is -0.494 e. The lowest BCUT2D eigenvalue weighted by molar-refractivity contribution is -0.144. The number of carboxylic acids is 1. The second-order valence-electron chi connectivity index (χ2n) is 11.0. The molecule has 2 aliphatic heterocycles. The highest BCUT2D eigenvalue weighted by atomic mass is 16.7. The first-order chi connectivity index (χ1) is 20.4. The predicted molar refractivity (Wildman–Crippen MR) is 157 cm³/mol. The van der Waals surface area contributed by atoms with Gasteiger partial charge in [0, 0.05) is 61.7 Å². The maximum Gasteiger partial charge on any atom is 0.308 e. The number of amides is 1. The molecule has 226 valence electrons. The number of ether oxygens (including phenoxy) is 3. The van der Waals surface area contributed by atoms with Crippen molar-refractivity contribution in [2.75, 3.05) is 46.6 Å². The molecule has 42 heavy (non-hydrogen) atoms. The highest BCUT2D eigenvalue weighted by molar-refractivity contribution is 5.87. The molecule has 3 aromatic rings. The van der Waals surface area contributed by atoms with Gasteiger partial charge in [-0.15, -0.1) is 0 Å². The number of fused-ring (bicyclic) bond motifs is 2. The molecule has 0 unspecified atom stereocenters. The Kier molecular flexibility index (Phi) is 9.08. The lowest BCUT2D eigenvalue weighted by atomic mass is 9.84. The van der Waals surface area contributed by atoms with Gasteiger partial charge in [-0.05, 0) is 36.6 Å². The quantitative estimate of drug-likeness (QED) is 0.278. The van der Waals surface area contributed by atoms with Crippen molar-refractivity contribution in [3.8, 4) is 23.1 Å². The maximum atomic E-state index is 13.5. The molecule has 2 aliphatic rings. The number of likely N-dealkylation sites (tertiary alicyclic amines) is 1. The number of rotatable bonds is 13. The number of aromatic nitrogens is 1. The first-order valence-electron chi connectivity index (χ1n) is 14.5. The van der Waals surface area contributed by atoms with Crippen LogP contribution >= 0.6 is 0 Å². The summed E-state index contributed by atoms with van der Waals surface area (Å²) in [5.41, 5.74) is 6.57. The first-order valence-corrected chi connectivity index (χ1v) is 14.5. The summed E-state index contributed by atoms with van der Waals surface area (Å²) in [5, 5.41) is 23.1. The normalized spacial score (nSPS) is 19.8. The van der Waals surface area contributed by atoms with Crippen molar-refractivity contribution >= 4 is 22.6 Å². The van der Waals surface area contributed by atoms with Crippen molar-refractivity contribution in [2.45, 2.75) is 44.7 Å². The third-order valence-electron chi connectivity index (χ3n) is 8.45. The smallest absolute Gasteiger partial charge is 0.308 e. The van der Waals surface area contributed by atoms with Gasteiger partial charge in [0.15, 0.2) is 17.4 Å². The number of aliphatic carboxylic acids is 1. The Balaban J connectivity index is 1.47. The van der Waals surface area contributed by atoms with E-state index in [1.54, 1.807) is 9.47 Å². The van der Waals surface area contributed by atoms with Crippen molar-refractivity contribution in [2.24, 2.45) is 11.7 Å². The zero-order valence-corrected chi connectivity index (χ0v) is 24.2. The van der Waals surface area contributed by atoms with Crippen molar-refractivity contribution in [3.05, 3.63) is 48.2 Å². The molecule has 11 heteroatoms. The molecule has 4 N–H and O–H groups in total. The summed E-state index contributed by atoms with van der Waals surface area (Å²) in [5.74, 6) is -0.620. The lowest BCUT2D eigenvalue weighted by Gasteiger charge is -2.29. The number of carbonyl (C=O) groups is 2. The number of nitrogens with two attached hydrogens (primary N) is 1. The minimum atomic E-state index is -0.941. The van der Waals surface area contributed by atoms with Crippen molar-refractivity contribution in [1.82, 2.24) is 14.4 Å². The van der Waals surface area contributed by atoms with Gasteiger partial charge in [0.05, 0.1) is 19.6 Å². The van der Waals surface area contributed by atoms with E-state index >= 15 is 0 Å². The fourth-order valence-electron chi connectivity index (χ4n) is 6.33. The average molecular weight is 581 g/mol. The van der Waals surface area contributed by atoms with Crippen LogP contribution in [0.25, 0.3) is 10.8 Å². The summed E-state index contributed by atoms with van der Waals surface area (Å²) in [6, 6.07) is 10.7. The summed E-state index contributed by atoms with van der Waals surface area (Å²) in [6.07, 6.45) is 4.11. The van der Waals surface area contributed by atoms with Gasteiger partial charge in [-0.2, -0.15) is 0 Å². The molecule has 0 saturated carbocycles. The molecule has 1 saturated heterocycles. The topological polar surface area (TPSA) is 140 Å². The summed E-state index contributed by atoms with van der Waals surface area (Å²) in [6.45, 7) is 4.39. The van der Waals surface area contributed by atoms with Gasteiger partial charge in [0.1, 0.15) is 0 Å². The lowest BCUT2D eigenvalue weighted by Crippen LogP contribution is -2.46. The summed E-state index contributed by atoms with van der Waals surface area (Å²) >= 11 is 0. The Morgan fingerprint density at radius 1 is 1.19 bits per heavy atom. The van der Waals surface area contributed by atoms with E-state index in [0.717, 1.165) is 29.2 Å². The zero-order chi connectivity index (χ0) is 29.8. The third kappa shape index (κ3) is 5.84. The number of aryl methyl sites for hydroxylation is 1. The minimum absolute atomic E-state index is 0.0644. The van der Waals surface area contributed by atoms with Crippen LogP contribution in [-0.2, 0) is 16.1 Å². The third-order valence-corrected chi connectivity index (χ3v) is 8.45. The number of methoxy groups -OCH3 is 1. The monoisotopic (exact) mass is 580 g/mol. The number of hydrogen-bond acceptors (Lipinski definition) is 8. The van der Waals surface area contributed by atoms with Crippen LogP contribution < -0.4 is 19.9 Å². The standard InChI is InChI=1S/C31H40N4O7/c1-3-4-11-33(13-10-32)27(36)18-35-17-23(21-14-25(40-2)29-26(15-21)41-19-42-29)28(31(38)39)24(35)9-12-34-16-20-7-5-6-8-22(20)30(34)37/h5-8,14-16,23-24,28,37H,3-4,9-13,17-19,32H2,1-2H3,(H,38,39)/t23-,24+,28-/m1/s1. The van der Waals surface area contributed by atoms with Crippen LogP contribution in [-0.4, -0.2) is 89.1 Å². The molecule has 2 aromatic carbocycles. The molecule has 11 nitrogen and oxygen atoms in total. The van der Waals surface area contributed by atoms with E-state index < -0.39 is 23.8 Å². The Morgan fingerprint density at radius 3 is 2.71 bits per heavy atom. The molecule has 0 radical (unpaired) electrons. The molecular formula is C31H40N4O7. The van der Waals surface area contributed by atoms with Gasteiger partial charge in [0.25, 0.3) is 0 Å². The van der Waals surface area contributed by atoms with Crippen molar-refractivity contribution < 1.29 is 34.0 Å². The van der Waals surface area contributed by atoms with Crippen LogP contribution in [0.15, 0.2) is 42.6 Å². The van der Waals surface area contributed by atoms with E-state index in [9.17, 15) is 19.8 Å². The molecule has 1 aromatic heterocycles. The van der Waals surface area contributed by atoms with Crippen LogP contribution in [0.5, 0.6) is 23.1 Å². The highest BCUT2D eigenvalue weighted by Crippen LogP contribution is 2.47. The number of aromatic hydroxyl groups is 1. The summed E-state index contributed by atoms with van der Waals surface area (Å²) in [4.78, 5) is 30.2. The Bertz CT molecular complexity index is 1420. The van der Waals surface area contributed by atoms with Crippen molar-refractivity contribution in [3.63, 3.8) is 0 Å². The number of carbonyl (C=O) groups excluding carboxylic acids is 1. The number of hydrogen-bond donors (Lipinski definition) is 3. The van der Waals surface area contributed by atoms with Crippen molar-refractivity contribution in [1.29, 1.82) is 0 Å². The van der Waals surface area contributed by atoms with Crippen LogP contribution in [0.2, 0.25) is 0 Å². The fourth-order valence-corrected chi connectivity index (χ4v) is 6.33. The van der Waals surface area contributed by atoms with Crippen LogP contribution in [0.3, 0.4) is 0 Å². The molecule has 0 aliphatic carbocycles. The van der Waals surface area contributed by atoms with Gasteiger partial charge in [-0.3, -0.25) is 14.5 Å². The molecule has 5 rings (SSSR count). The molecule has 3 heterocycles. The van der Waals surface area contributed by atoms with E-state index in [2.05, 4.69) is 6.92 Å². The maximum absolute atomic E-state index is 13.5. The van der Waals surface area contributed by atoms with Gasteiger partial charge in [-0.1, -0.05) is 31.5 Å². The fraction of sp³-hybridized carbons (Fsp3) is 0.484. The van der Waals surface area contributed by atoms with Crippen LogP contribution in [0, 0.1) is 5.92 Å². The first kappa shape index (κ1) is 29.5. The van der Waals surface area contributed by atoms with E-state index in [1.165, 1.54) is 7.11 Å². The van der Waals surface area contributed by atoms with E-state index in [4.69, 9.17) is 19.9 Å². The summed E-state index contributed by atoms with van der Waals surface area (Å²) < 4.78 is 18.5. The molecule has 1 fully saturated rings. The zero-order valence-electron chi connectivity index (χ0n) is 24.2. The molecular weight excluding hydrogens is 540 g/mol. The predicted octanol–water partition coefficient (Wildman–Crippen LogP) is 3.23. The number of benzene rings is 2. The van der Waals surface area contributed by atoms with E-state index in [-0.39, 0.29) is 25.1 Å². The van der Waals surface area contributed by atoms with Crippen LogP contribution in [0.4, 0.5) is 0 Å². The SMILES string of the molecule is CCCCN(CCN)C(=O)CN1C[C@H](c2cc(OC)c3c(c2)OCO3)[C@@H](C(=O)O)[C@@H]1CCn1cc2ccccc2c1O. The highest BCUT2D eigenvalue weighted by Gasteiger charge is 2.47. The second-order valence-corrected chi connectivity index (χ2v) is 11.0. The van der Waals surface area contributed by atoms with Gasteiger partial charge >= 0.3 is 5.97 Å². The second kappa shape index (κ2) is 12.9. The van der Waals surface area contributed by atoms with Gasteiger partial charge in [-0.25, -0.2) is 0 Å². The molecule has 1 amide bonds. The average Bonchev–Trinajstić information content (AvgIpc) is 3.69. The largest absolute Gasteiger partial charge is 0.494 e. The van der Waals surface area contributed by atoms with E-state index in [1.807, 2.05) is 47.5 Å². The molecule has 3 atom stereocenters. The van der Waals surface area contributed by atoms with Crippen LogP contribution in [0.1, 0.15) is 37.7 Å². The number of unbranched alkanes of at least 4 members (excludes halogenated alkanes) is 1. The van der Waals surface area contributed by atoms with E-state index in [0.29, 0.717) is 56.4 Å². The Labute approximate surface area is 245 Å². The van der Waals surface area contributed by atoms with Gasteiger partial charge in [0.2, 0.25) is 18.4 Å². The summed E-state index contributed by atoms with van der Waals surface area (Å²) in [7, 11) is 1.54. The number of nitrogens with zero attached hydrogens (tertiary/aromatic N) is 3.